The summed E-state index contributed by atoms with van der Waals surface area (Å²) in [5.74, 6) is 0.00463. The maximum atomic E-state index is 10.9. The molecule has 3 nitrogen and oxygen atoms in total. The summed E-state index contributed by atoms with van der Waals surface area (Å²) in [6, 6.07) is 0. The molecule has 0 aromatic rings. The Hall–Kier alpha value is -0.570. The lowest BCUT2D eigenvalue weighted by atomic mass is 10.2. The van der Waals surface area contributed by atoms with Crippen LogP contribution in [0.3, 0.4) is 0 Å². The quantitative estimate of drug-likeness (QED) is 0.529. The van der Waals surface area contributed by atoms with Crippen LogP contribution in [0, 0.1) is 0 Å². The summed E-state index contributed by atoms with van der Waals surface area (Å²) in [7, 11) is 0. The van der Waals surface area contributed by atoms with E-state index in [1.807, 2.05) is 6.92 Å². The van der Waals surface area contributed by atoms with Gasteiger partial charge in [0.05, 0.1) is 6.61 Å². The zero-order valence-corrected chi connectivity index (χ0v) is 5.73. The van der Waals surface area contributed by atoms with E-state index in [0.717, 1.165) is 0 Å². The number of carbonyl (C=O) groups excluding carboxylic acids is 1. The van der Waals surface area contributed by atoms with Crippen LogP contribution in [0.4, 0.5) is 0 Å². The minimum absolute atomic E-state index is 0.00463. The average molecular weight is 129 g/mol. The first-order valence-corrected chi connectivity index (χ1v) is 3.11. The lowest BCUT2D eigenvalue weighted by molar-refractivity contribution is -0.125. The Bertz CT molecular complexity index is 129. The fourth-order valence-corrected chi connectivity index (χ4v) is 0.587. The molecule has 1 atom stereocenters. The van der Waals surface area contributed by atoms with Gasteiger partial charge in [0.15, 0.2) is 5.60 Å². The Morgan fingerprint density at radius 2 is 2.44 bits per heavy atom. The van der Waals surface area contributed by atoms with Crippen molar-refractivity contribution in [2.24, 2.45) is 0 Å². The van der Waals surface area contributed by atoms with Crippen molar-refractivity contribution in [2.45, 2.75) is 19.4 Å². The number of hydrogen-bond acceptors (Lipinski definition) is 2. The molecule has 1 rings (SSSR count). The predicted octanol–water partition coefficient (Wildman–Crippen LogP) is -0.0886. The van der Waals surface area contributed by atoms with E-state index in [1.165, 1.54) is 0 Å². The maximum Gasteiger partial charge on any atom is 0.254 e. The first kappa shape index (κ1) is 6.55. The molecular formula is C6H11NO2. The highest BCUT2D eigenvalue weighted by atomic mass is 16.6. The third-order valence-electron chi connectivity index (χ3n) is 1.40. The summed E-state index contributed by atoms with van der Waals surface area (Å²) in [4.78, 5) is 10.9. The van der Waals surface area contributed by atoms with E-state index in [4.69, 9.17) is 4.74 Å². The van der Waals surface area contributed by atoms with E-state index in [9.17, 15) is 4.79 Å². The number of epoxide rings is 1. The molecule has 0 radical (unpaired) electrons. The average Bonchev–Trinajstić information content (AvgIpc) is 2.50. The van der Waals surface area contributed by atoms with Crippen LogP contribution in [-0.2, 0) is 9.53 Å². The van der Waals surface area contributed by atoms with Gasteiger partial charge in [-0.25, -0.2) is 0 Å². The van der Waals surface area contributed by atoms with Gasteiger partial charge in [-0.15, -0.1) is 0 Å². The number of rotatable bonds is 2. The number of amides is 1. The number of ether oxygens (including phenoxy) is 1. The molecule has 0 aliphatic carbocycles. The molecule has 1 saturated heterocycles. The molecule has 0 saturated carbocycles. The third-order valence-corrected chi connectivity index (χ3v) is 1.40. The summed E-state index contributed by atoms with van der Waals surface area (Å²) >= 11 is 0. The first-order chi connectivity index (χ1) is 4.19. The van der Waals surface area contributed by atoms with Gasteiger partial charge in [-0.05, 0) is 13.8 Å². The molecule has 3 heteroatoms. The van der Waals surface area contributed by atoms with E-state index in [1.54, 1.807) is 6.92 Å². The maximum absolute atomic E-state index is 10.9. The van der Waals surface area contributed by atoms with Gasteiger partial charge in [0, 0.05) is 6.54 Å². The fraction of sp³-hybridized carbons (Fsp3) is 0.833. The second-order valence-electron chi connectivity index (χ2n) is 2.38. The molecule has 0 aromatic carbocycles. The van der Waals surface area contributed by atoms with Gasteiger partial charge in [-0.1, -0.05) is 0 Å². The second kappa shape index (κ2) is 1.99. The Kier molecular flexibility index (Phi) is 1.45. The fourth-order valence-electron chi connectivity index (χ4n) is 0.587. The zero-order chi connectivity index (χ0) is 6.91. The smallest absolute Gasteiger partial charge is 0.254 e. The van der Waals surface area contributed by atoms with Gasteiger partial charge in [-0.3, -0.25) is 4.79 Å². The monoisotopic (exact) mass is 129 g/mol. The van der Waals surface area contributed by atoms with E-state index in [0.29, 0.717) is 13.2 Å². The van der Waals surface area contributed by atoms with Crippen LogP contribution < -0.4 is 5.32 Å². The zero-order valence-electron chi connectivity index (χ0n) is 5.73. The number of likely N-dealkylation sites (N-methyl/N-ethyl adjacent to an activating group) is 1. The standard InChI is InChI=1S/C6H11NO2/c1-3-7-5(8)6(2)4-9-6/h3-4H2,1-2H3,(H,7,8). The summed E-state index contributed by atoms with van der Waals surface area (Å²) in [5, 5.41) is 2.68. The van der Waals surface area contributed by atoms with Crippen molar-refractivity contribution in [3.63, 3.8) is 0 Å². The van der Waals surface area contributed by atoms with E-state index < -0.39 is 5.60 Å². The number of nitrogens with one attached hydrogen (secondary N) is 1. The molecule has 1 aliphatic heterocycles. The lowest BCUT2D eigenvalue weighted by Gasteiger charge is -2.02. The molecule has 1 N–H and O–H groups in total. The summed E-state index contributed by atoms with van der Waals surface area (Å²) in [6.07, 6.45) is 0. The molecule has 1 amide bonds. The molecule has 0 spiro atoms. The first-order valence-electron chi connectivity index (χ1n) is 3.11. The van der Waals surface area contributed by atoms with Crippen molar-refractivity contribution in [3.05, 3.63) is 0 Å². The van der Waals surface area contributed by atoms with Crippen LogP contribution in [0.1, 0.15) is 13.8 Å². The highest BCUT2D eigenvalue weighted by Crippen LogP contribution is 2.25. The van der Waals surface area contributed by atoms with Gasteiger partial charge in [-0.2, -0.15) is 0 Å². The van der Waals surface area contributed by atoms with Crippen molar-refractivity contribution in [1.82, 2.24) is 5.32 Å². The van der Waals surface area contributed by atoms with Crippen LogP contribution in [0.25, 0.3) is 0 Å². The van der Waals surface area contributed by atoms with Gasteiger partial charge >= 0.3 is 0 Å². The van der Waals surface area contributed by atoms with E-state index in [-0.39, 0.29) is 5.91 Å². The summed E-state index contributed by atoms with van der Waals surface area (Å²) in [5.41, 5.74) is -0.490. The Morgan fingerprint density at radius 3 is 2.78 bits per heavy atom. The normalized spacial score (nSPS) is 31.8. The molecule has 1 fully saturated rings. The van der Waals surface area contributed by atoms with Crippen LogP contribution in [0.15, 0.2) is 0 Å². The van der Waals surface area contributed by atoms with Crippen molar-refractivity contribution in [3.8, 4) is 0 Å². The molecule has 9 heavy (non-hydrogen) atoms. The predicted molar refractivity (Wildman–Crippen MR) is 33.0 cm³/mol. The lowest BCUT2D eigenvalue weighted by Crippen LogP contribution is -2.34. The summed E-state index contributed by atoms with van der Waals surface area (Å²) in [6.45, 7) is 4.93. The van der Waals surface area contributed by atoms with Crippen molar-refractivity contribution in [1.29, 1.82) is 0 Å². The van der Waals surface area contributed by atoms with Gasteiger partial charge < -0.3 is 10.1 Å². The largest absolute Gasteiger partial charge is 0.359 e. The van der Waals surface area contributed by atoms with Crippen LogP contribution >= 0.6 is 0 Å². The Labute approximate surface area is 54.4 Å². The second-order valence-corrected chi connectivity index (χ2v) is 2.38. The number of carbonyl (C=O) groups is 1. The molecular weight excluding hydrogens is 118 g/mol. The molecule has 0 bridgehead atoms. The van der Waals surface area contributed by atoms with Crippen molar-refractivity contribution < 1.29 is 9.53 Å². The highest BCUT2D eigenvalue weighted by molar-refractivity contribution is 5.87. The molecule has 1 aliphatic rings. The molecule has 1 unspecified atom stereocenters. The van der Waals surface area contributed by atoms with Gasteiger partial charge in [0.2, 0.25) is 0 Å². The highest BCUT2D eigenvalue weighted by Gasteiger charge is 2.46. The van der Waals surface area contributed by atoms with Gasteiger partial charge in [0.25, 0.3) is 5.91 Å². The molecule has 1 heterocycles. The van der Waals surface area contributed by atoms with E-state index in [2.05, 4.69) is 5.32 Å². The van der Waals surface area contributed by atoms with Crippen molar-refractivity contribution in [2.75, 3.05) is 13.2 Å². The molecule has 0 aromatic heterocycles. The summed E-state index contributed by atoms with van der Waals surface area (Å²) < 4.78 is 4.90. The van der Waals surface area contributed by atoms with Crippen molar-refractivity contribution >= 4 is 5.91 Å². The minimum atomic E-state index is -0.490. The van der Waals surface area contributed by atoms with E-state index >= 15 is 0 Å². The topological polar surface area (TPSA) is 41.6 Å². The SMILES string of the molecule is CCNC(=O)C1(C)CO1. The minimum Gasteiger partial charge on any atom is -0.359 e. The number of hydrogen-bond donors (Lipinski definition) is 1. The van der Waals surface area contributed by atoms with Crippen LogP contribution in [0.2, 0.25) is 0 Å². The van der Waals surface area contributed by atoms with Crippen LogP contribution in [-0.4, -0.2) is 24.7 Å². The Morgan fingerprint density at radius 1 is 1.89 bits per heavy atom. The van der Waals surface area contributed by atoms with Gasteiger partial charge in [0.1, 0.15) is 0 Å². The Balaban J connectivity index is 2.34. The molecule has 52 valence electrons. The third kappa shape index (κ3) is 1.21. The van der Waals surface area contributed by atoms with Crippen LogP contribution in [0.5, 0.6) is 0 Å².